The standard InChI is InChI=1S/C24H23FN2O/c1-24(15-26,14-16-6-5-7-18(25)12-16)17-10-11-20-19-8-3-4-9-21(19)23(28-2)27-22(20)13-17/h5-7,10-13H,3-4,8-9,14H2,1-2H3. The molecule has 1 aromatic heterocycles. The lowest BCUT2D eigenvalue weighted by atomic mass is 9.78. The van der Waals surface area contributed by atoms with E-state index in [0.29, 0.717) is 12.3 Å². The maximum atomic E-state index is 13.6. The minimum Gasteiger partial charge on any atom is -0.481 e. The number of hydrogen-bond donors (Lipinski definition) is 0. The smallest absolute Gasteiger partial charge is 0.217 e. The van der Waals surface area contributed by atoms with Gasteiger partial charge in [-0.15, -0.1) is 0 Å². The average molecular weight is 374 g/mol. The minimum absolute atomic E-state index is 0.283. The van der Waals surface area contributed by atoms with E-state index in [0.717, 1.165) is 41.3 Å². The molecule has 142 valence electrons. The zero-order valence-electron chi connectivity index (χ0n) is 16.3. The molecular weight excluding hydrogens is 351 g/mol. The Hall–Kier alpha value is -2.93. The first-order valence-electron chi connectivity index (χ1n) is 9.70. The summed E-state index contributed by atoms with van der Waals surface area (Å²) in [6, 6.07) is 15.0. The van der Waals surface area contributed by atoms with Crippen molar-refractivity contribution in [3.63, 3.8) is 0 Å². The Morgan fingerprint density at radius 1 is 1.14 bits per heavy atom. The van der Waals surface area contributed by atoms with Gasteiger partial charge in [-0.2, -0.15) is 5.26 Å². The number of nitrogens with zero attached hydrogens (tertiary/aromatic N) is 2. The molecule has 4 heteroatoms. The Kier molecular flexibility index (Phi) is 4.77. The van der Waals surface area contributed by atoms with Crippen molar-refractivity contribution in [3.05, 3.63) is 70.5 Å². The first kappa shape index (κ1) is 18.4. The van der Waals surface area contributed by atoms with Gasteiger partial charge in [-0.05, 0) is 73.9 Å². The van der Waals surface area contributed by atoms with E-state index in [4.69, 9.17) is 9.72 Å². The van der Waals surface area contributed by atoms with Crippen LogP contribution in [-0.2, 0) is 24.7 Å². The summed E-state index contributed by atoms with van der Waals surface area (Å²) in [5, 5.41) is 11.1. The Morgan fingerprint density at radius 2 is 1.93 bits per heavy atom. The normalized spacial score (nSPS) is 15.5. The second-order valence-corrected chi connectivity index (χ2v) is 7.77. The maximum absolute atomic E-state index is 13.6. The van der Waals surface area contributed by atoms with Gasteiger partial charge in [0.15, 0.2) is 0 Å². The molecule has 0 radical (unpaired) electrons. The first-order valence-corrected chi connectivity index (χ1v) is 9.70. The zero-order valence-corrected chi connectivity index (χ0v) is 16.3. The van der Waals surface area contributed by atoms with E-state index < -0.39 is 5.41 Å². The van der Waals surface area contributed by atoms with Crippen molar-refractivity contribution >= 4 is 10.9 Å². The Bertz CT molecular complexity index is 1090. The van der Waals surface area contributed by atoms with Crippen LogP contribution in [0.25, 0.3) is 10.9 Å². The molecule has 0 fully saturated rings. The fourth-order valence-corrected chi connectivity index (χ4v) is 4.27. The van der Waals surface area contributed by atoms with Crippen LogP contribution in [0, 0.1) is 17.1 Å². The van der Waals surface area contributed by atoms with Gasteiger partial charge in [0.1, 0.15) is 5.82 Å². The number of rotatable bonds is 4. The number of ether oxygens (including phenoxy) is 1. The highest BCUT2D eigenvalue weighted by Crippen LogP contribution is 2.36. The number of methoxy groups -OCH3 is 1. The number of aromatic nitrogens is 1. The number of nitriles is 1. The van der Waals surface area contributed by atoms with Gasteiger partial charge >= 0.3 is 0 Å². The minimum atomic E-state index is -0.771. The summed E-state index contributed by atoms with van der Waals surface area (Å²) in [5.41, 5.74) is 4.32. The summed E-state index contributed by atoms with van der Waals surface area (Å²) >= 11 is 0. The molecule has 0 bridgehead atoms. The van der Waals surface area contributed by atoms with E-state index >= 15 is 0 Å². The summed E-state index contributed by atoms with van der Waals surface area (Å²) < 4.78 is 19.2. The monoisotopic (exact) mass is 374 g/mol. The van der Waals surface area contributed by atoms with Gasteiger partial charge in [0.2, 0.25) is 5.88 Å². The number of benzene rings is 2. The van der Waals surface area contributed by atoms with Crippen LogP contribution in [-0.4, -0.2) is 12.1 Å². The largest absolute Gasteiger partial charge is 0.481 e. The number of hydrogen-bond acceptors (Lipinski definition) is 3. The molecule has 1 unspecified atom stereocenters. The molecule has 3 nitrogen and oxygen atoms in total. The second kappa shape index (κ2) is 7.24. The van der Waals surface area contributed by atoms with Crippen LogP contribution < -0.4 is 4.74 Å². The van der Waals surface area contributed by atoms with Crippen molar-refractivity contribution in [2.45, 2.75) is 44.4 Å². The van der Waals surface area contributed by atoms with E-state index in [9.17, 15) is 9.65 Å². The van der Waals surface area contributed by atoms with Crippen molar-refractivity contribution in [1.29, 1.82) is 5.26 Å². The fourth-order valence-electron chi connectivity index (χ4n) is 4.27. The molecule has 2 aromatic carbocycles. The van der Waals surface area contributed by atoms with Crippen LogP contribution in [0.15, 0.2) is 42.5 Å². The summed E-state index contributed by atoms with van der Waals surface area (Å²) in [7, 11) is 1.66. The molecule has 4 rings (SSSR count). The Morgan fingerprint density at radius 3 is 2.64 bits per heavy atom. The highest BCUT2D eigenvalue weighted by molar-refractivity contribution is 5.85. The number of pyridine rings is 1. The van der Waals surface area contributed by atoms with Crippen molar-refractivity contribution in [1.82, 2.24) is 4.98 Å². The SMILES string of the molecule is COc1nc2cc(C(C)(C#N)Cc3cccc(F)c3)ccc2c2c1CCCC2. The quantitative estimate of drug-likeness (QED) is 0.624. The lowest BCUT2D eigenvalue weighted by Gasteiger charge is -2.24. The Balaban J connectivity index is 1.80. The van der Waals surface area contributed by atoms with Gasteiger partial charge in [-0.25, -0.2) is 9.37 Å². The molecule has 28 heavy (non-hydrogen) atoms. The summed E-state index contributed by atoms with van der Waals surface area (Å²) in [6.45, 7) is 1.90. The first-order chi connectivity index (χ1) is 13.5. The van der Waals surface area contributed by atoms with Crippen molar-refractivity contribution in [2.75, 3.05) is 7.11 Å². The third kappa shape index (κ3) is 3.22. The molecule has 0 saturated heterocycles. The van der Waals surface area contributed by atoms with Crippen molar-refractivity contribution in [2.24, 2.45) is 0 Å². The van der Waals surface area contributed by atoms with E-state index in [1.165, 1.54) is 29.7 Å². The zero-order chi connectivity index (χ0) is 19.7. The van der Waals surface area contributed by atoms with Crippen molar-refractivity contribution in [3.8, 4) is 11.9 Å². The molecule has 0 N–H and O–H groups in total. The third-order valence-electron chi connectivity index (χ3n) is 5.79. The van der Waals surface area contributed by atoms with E-state index in [2.05, 4.69) is 12.1 Å². The molecular formula is C24H23FN2O. The highest BCUT2D eigenvalue weighted by Gasteiger charge is 2.28. The van der Waals surface area contributed by atoms with Gasteiger partial charge in [-0.1, -0.05) is 24.3 Å². The Labute approximate surface area is 164 Å². The molecule has 0 amide bonds. The lowest BCUT2D eigenvalue weighted by Crippen LogP contribution is -2.23. The van der Waals surface area contributed by atoms with Gasteiger partial charge in [0.05, 0.1) is 24.1 Å². The van der Waals surface area contributed by atoms with Gasteiger partial charge in [-0.3, -0.25) is 0 Å². The molecule has 0 saturated carbocycles. The highest BCUT2D eigenvalue weighted by atomic mass is 19.1. The number of halogens is 1. The molecule has 1 aliphatic rings. The predicted molar refractivity (Wildman–Crippen MR) is 108 cm³/mol. The van der Waals surface area contributed by atoms with Crippen molar-refractivity contribution < 1.29 is 9.13 Å². The molecule has 1 atom stereocenters. The third-order valence-corrected chi connectivity index (χ3v) is 5.79. The second-order valence-electron chi connectivity index (χ2n) is 7.77. The topological polar surface area (TPSA) is 45.9 Å². The fraction of sp³-hybridized carbons (Fsp3) is 0.333. The van der Waals surface area contributed by atoms with Crippen LogP contribution in [0.1, 0.15) is 42.0 Å². The number of fused-ring (bicyclic) bond motifs is 3. The van der Waals surface area contributed by atoms with E-state index in [1.807, 2.05) is 25.1 Å². The summed E-state index contributed by atoms with van der Waals surface area (Å²) in [6.07, 6.45) is 4.80. The molecule has 0 aliphatic heterocycles. The van der Waals surface area contributed by atoms with Gasteiger partial charge in [0, 0.05) is 10.9 Å². The molecule has 3 aromatic rings. The van der Waals surface area contributed by atoms with Crippen LogP contribution in [0.2, 0.25) is 0 Å². The van der Waals surface area contributed by atoms with Crippen LogP contribution in [0.5, 0.6) is 5.88 Å². The molecule has 1 heterocycles. The van der Waals surface area contributed by atoms with Gasteiger partial charge < -0.3 is 4.74 Å². The van der Waals surface area contributed by atoms with E-state index in [-0.39, 0.29) is 5.82 Å². The maximum Gasteiger partial charge on any atom is 0.217 e. The van der Waals surface area contributed by atoms with Gasteiger partial charge in [0.25, 0.3) is 0 Å². The average Bonchev–Trinajstić information content (AvgIpc) is 2.72. The summed E-state index contributed by atoms with van der Waals surface area (Å²) in [5.74, 6) is 0.414. The lowest BCUT2D eigenvalue weighted by molar-refractivity contribution is 0.391. The van der Waals surface area contributed by atoms with Crippen LogP contribution in [0.3, 0.4) is 0 Å². The summed E-state index contributed by atoms with van der Waals surface area (Å²) in [4.78, 5) is 4.74. The van der Waals surface area contributed by atoms with Crippen LogP contribution in [0.4, 0.5) is 4.39 Å². The molecule has 1 aliphatic carbocycles. The predicted octanol–water partition coefficient (Wildman–Crippen LogP) is 5.29. The number of aryl methyl sites for hydroxylation is 1. The van der Waals surface area contributed by atoms with E-state index in [1.54, 1.807) is 13.2 Å². The van der Waals surface area contributed by atoms with Crippen LogP contribution >= 0.6 is 0 Å². The molecule has 0 spiro atoms.